The summed E-state index contributed by atoms with van der Waals surface area (Å²) in [4.78, 5) is 0. The zero-order chi connectivity index (χ0) is 13.7. The molecule has 0 bridgehead atoms. The molecule has 0 amide bonds. The molecule has 0 N–H and O–H groups in total. The van der Waals surface area contributed by atoms with E-state index in [9.17, 15) is 0 Å². The lowest BCUT2D eigenvalue weighted by molar-refractivity contribution is 0.338. The van der Waals surface area contributed by atoms with Crippen molar-refractivity contribution in [3.63, 3.8) is 0 Å². The molecule has 2 nitrogen and oxygen atoms in total. The van der Waals surface area contributed by atoms with Gasteiger partial charge >= 0.3 is 0 Å². The van der Waals surface area contributed by atoms with Crippen molar-refractivity contribution in [3.8, 4) is 17.2 Å². The highest BCUT2D eigenvalue weighted by Crippen LogP contribution is 2.27. The van der Waals surface area contributed by atoms with Gasteiger partial charge in [-0.15, -0.1) is 11.6 Å². The van der Waals surface area contributed by atoms with Crippen molar-refractivity contribution in [1.82, 2.24) is 0 Å². The maximum Gasteiger partial charge on any atom is 0.131 e. The minimum absolute atomic E-state index is 0.520. The van der Waals surface area contributed by atoms with Gasteiger partial charge in [0, 0.05) is 11.9 Å². The molecule has 19 heavy (non-hydrogen) atoms. The zero-order valence-corrected chi connectivity index (χ0v) is 11.9. The molecule has 0 aliphatic rings. The van der Waals surface area contributed by atoms with E-state index in [1.807, 2.05) is 56.3 Å². The number of rotatable bonds is 5. The van der Waals surface area contributed by atoms with Crippen LogP contribution in [0.5, 0.6) is 17.2 Å². The van der Waals surface area contributed by atoms with Gasteiger partial charge < -0.3 is 9.47 Å². The molecule has 0 aliphatic carbocycles. The van der Waals surface area contributed by atoms with Crippen molar-refractivity contribution in [2.75, 3.05) is 6.61 Å². The van der Waals surface area contributed by atoms with Crippen LogP contribution in [0.4, 0.5) is 0 Å². The van der Waals surface area contributed by atoms with E-state index in [4.69, 9.17) is 21.1 Å². The molecule has 0 fully saturated rings. The van der Waals surface area contributed by atoms with E-state index in [0.29, 0.717) is 12.5 Å². The van der Waals surface area contributed by atoms with E-state index < -0.39 is 0 Å². The van der Waals surface area contributed by atoms with Crippen molar-refractivity contribution in [2.45, 2.75) is 19.7 Å². The van der Waals surface area contributed by atoms with Gasteiger partial charge in [-0.1, -0.05) is 12.1 Å². The first-order valence-corrected chi connectivity index (χ1v) is 6.82. The Labute approximate surface area is 118 Å². The zero-order valence-electron chi connectivity index (χ0n) is 11.2. The standard InChI is InChI=1S/C16H17ClO2/c1-3-18-14-5-4-6-15(10-14)19-16-8-7-13(11-17)12(2)9-16/h4-10H,3,11H2,1-2H3. The maximum atomic E-state index is 5.84. The average molecular weight is 277 g/mol. The molecule has 0 atom stereocenters. The van der Waals surface area contributed by atoms with Crippen LogP contribution in [-0.2, 0) is 5.88 Å². The first-order chi connectivity index (χ1) is 9.22. The van der Waals surface area contributed by atoms with Gasteiger partial charge in [-0.05, 0) is 49.2 Å². The molecule has 2 aromatic rings. The van der Waals surface area contributed by atoms with Crippen molar-refractivity contribution in [1.29, 1.82) is 0 Å². The third kappa shape index (κ3) is 3.65. The van der Waals surface area contributed by atoms with Gasteiger partial charge in [-0.3, -0.25) is 0 Å². The Kier molecular flexibility index (Phi) is 4.69. The number of aryl methyl sites for hydroxylation is 1. The van der Waals surface area contributed by atoms with E-state index in [2.05, 4.69) is 0 Å². The summed E-state index contributed by atoms with van der Waals surface area (Å²) in [6.07, 6.45) is 0. The minimum Gasteiger partial charge on any atom is -0.494 e. The molecule has 0 aliphatic heterocycles. The van der Waals surface area contributed by atoms with Gasteiger partial charge in [-0.2, -0.15) is 0 Å². The number of halogens is 1. The number of ether oxygens (including phenoxy) is 2. The third-order valence-electron chi connectivity index (χ3n) is 2.81. The summed E-state index contributed by atoms with van der Waals surface area (Å²) in [7, 11) is 0. The van der Waals surface area contributed by atoms with Crippen molar-refractivity contribution in [3.05, 3.63) is 53.6 Å². The predicted octanol–water partition coefficient (Wildman–Crippen LogP) is 4.92. The fourth-order valence-electron chi connectivity index (χ4n) is 1.81. The van der Waals surface area contributed by atoms with Crippen molar-refractivity contribution in [2.24, 2.45) is 0 Å². The van der Waals surface area contributed by atoms with Crippen LogP contribution in [0, 0.1) is 6.92 Å². The highest BCUT2D eigenvalue weighted by molar-refractivity contribution is 6.17. The Balaban J connectivity index is 2.16. The second-order valence-corrected chi connectivity index (χ2v) is 4.50. The monoisotopic (exact) mass is 276 g/mol. The molecule has 0 unspecified atom stereocenters. The maximum absolute atomic E-state index is 5.84. The quantitative estimate of drug-likeness (QED) is 0.721. The number of benzene rings is 2. The summed E-state index contributed by atoms with van der Waals surface area (Å²) in [6.45, 7) is 4.63. The van der Waals surface area contributed by atoms with Crippen LogP contribution < -0.4 is 9.47 Å². The topological polar surface area (TPSA) is 18.5 Å². The molecule has 2 aromatic carbocycles. The Morgan fingerprint density at radius 3 is 2.42 bits per heavy atom. The molecule has 0 saturated heterocycles. The largest absolute Gasteiger partial charge is 0.494 e. The van der Waals surface area contributed by atoms with E-state index in [0.717, 1.165) is 28.4 Å². The lowest BCUT2D eigenvalue weighted by Crippen LogP contribution is -1.92. The summed E-state index contributed by atoms with van der Waals surface area (Å²) < 4.78 is 11.3. The SMILES string of the molecule is CCOc1cccc(Oc2ccc(CCl)c(C)c2)c1. The molecule has 0 aromatic heterocycles. The van der Waals surface area contributed by atoms with E-state index in [-0.39, 0.29) is 0 Å². The van der Waals surface area contributed by atoms with Crippen LogP contribution in [-0.4, -0.2) is 6.61 Å². The second-order valence-electron chi connectivity index (χ2n) is 4.23. The van der Waals surface area contributed by atoms with Gasteiger partial charge in [0.1, 0.15) is 17.2 Å². The molecular weight excluding hydrogens is 260 g/mol. The highest BCUT2D eigenvalue weighted by Gasteiger charge is 2.02. The minimum atomic E-state index is 0.520. The molecule has 2 rings (SSSR count). The van der Waals surface area contributed by atoms with Gasteiger partial charge in [0.2, 0.25) is 0 Å². The lowest BCUT2D eigenvalue weighted by Gasteiger charge is -2.10. The normalized spacial score (nSPS) is 10.3. The molecular formula is C16H17ClO2. The molecule has 0 spiro atoms. The summed E-state index contributed by atoms with van der Waals surface area (Å²) in [5.41, 5.74) is 2.26. The summed E-state index contributed by atoms with van der Waals surface area (Å²) >= 11 is 5.84. The van der Waals surface area contributed by atoms with Crippen LogP contribution in [0.2, 0.25) is 0 Å². The third-order valence-corrected chi connectivity index (χ3v) is 3.10. The molecule has 0 heterocycles. The Hall–Kier alpha value is -1.67. The van der Waals surface area contributed by atoms with E-state index >= 15 is 0 Å². The van der Waals surface area contributed by atoms with Crippen LogP contribution >= 0.6 is 11.6 Å². The lowest BCUT2D eigenvalue weighted by atomic mass is 10.1. The molecule has 100 valence electrons. The van der Waals surface area contributed by atoms with E-state index in [1.165, 1.54) is 0 Å². The summed E-state index contributed by atoms with van der Waals surface area (Å²) in [5, 5.41) is 0. The van der Waals surface area contributed by atoms with Crippen LogP contribution in [0.25, 0.3) is 0 Å². The van der Waals surface area contributed by atoms with Gasteiger partial charge in [0.25, 0.3) is 0 Å². The second kappa shape index (κ2) is 6.48. The van der Waals surface area contributed by atoms with Gasteiger partial charge in [-0.25, -0.2) is 0 Å². The molecule has 3 heteroatoms. The van der Waals surface area contributed by atoms with Crippen LogP contribution in [0.15, 0.2) is 42.5 Å². The fraction of sp³-hybridized carbons (Fsp3) is 0.250. The summed E-state index contributed by atoms with van der Waals surface area (Å²) in [6, 6.07) is 13.5. The van der Waals surface area contributed by atoms with Crippen molar-refractivity contribution < 1.29 is 9.47 Å². The van der Waals surface area contributed by atoms with Crippen LogP contribution in [0.1, 0.15) is 18.1 Å². The Morgan fingerprint density at radius 1 is 1.00 bits per heavy atom. The fourth-order valence-corrected chi connectivity index (χ4v) is 2.11. The van der Waals surface area contributed by atoms with Gasteiger partial charge in [0.15, 0.2) is 0 Å². The van der Waals surface area contributed by atoms with Crippen LogP contribution in [0.3, 0.4) is 0 Å². The number of alkyl halides is 1. The Morgan fingerprint density at radius 2 is 1.74 bits per heavy atom. The highest BCUT2D eigenvalue weighted by atomic mass is 35.5. The van der Waals surface area contributed by atoms with Gasteiger partial charge in [0.05, 0.1) is 6.61 Å². The smallest absolute Gasteiger partial charge is 0.131 e. The predicted molar refractivity (Wildman–Crippen MR) is 78.4 cm³/mol. The Bertz CT molecular complexity index is 552. The average Bonchev–Trinajstić information content (AvgIpc) is 2.40. The molecule has 0 radical (unpaired) electrons. The van der Waals surface area contributed by atoms with E-state index in [1.54, 1.807) is 0 Å². The summed E-state index contributed by atoms with van der Waals surface area (Å²) in [5.74, 6) is 2.91. The number of hydrogen-bond acceptors (Lipinski definition) is 2. The first-order valence-electron chi connectivity index (χ1n) is 6.29. The first kappa shape index (κ1) is 13.8. The number of hydrogen-bond donors (Lipinski definition) is 0. The molecule has 0 saturated carbocycles. The van der Waals surface area contributed by atoms with Crippen molar-refractivity contribution >= 4 is 11.6 Å².